The molecule has 108 valence electrons. The summed E-state index contributed by atoms with van der Waals surface area (Å²) in [7, 11) is 1.91. The Morgan fingerprint density at radius 1 is 1.40 bits per heavy atom. The number of nitrogens with zero attached hydrogens (tertiary/aromatic N) is 2. The molecule has 0 amide bonds. The highest BCUT2D eigenvalue weighted by Gasteiger charge is 2.16. The zero-order chi connectivity index (χ0) is 14.7. The topological polar surface area (TPSA) is 29.9 Å². The molecule has 1 aromatic carbocycles. The van der Waals surface area contributed by atoms with Crippen LogP contribution >= 0.6 is 15.9 Å². The summed E-state index contributed by atoms with van der Waals surface area (Å²) in [5, 5.41) is 7.83. The Hall–Kier alpha value is -1.20. The molecule has 0 radical (unpaired) electrons. The highest BCUT2D eigenvalue weighted by Crippen LogP contribution is 2.23. The number of hydrogen-bond donors (Lipinski definition) is 1. The third kappa shape index (κ3) is 3.67. The molecule has 2 rings (SSSR count). The molecule has 0 aliphatic carbocycles. The van der Waals surface area contributed by atoms with Crippen molar-refractivity contribution in [2.45, 2.75) is 26.3 Å². The van der Waals surface area contributed by atoms with Crippen LogP contribution < -0.4 is 5.32 Å². The molecule has 0 spiro atoms. The van der Waals surface area contributed by atoms with Crippen LogP contribution in [0.3, 0.4) is 0 Å². The number of rotatable bonds is 5. The van der Waals surface area contributed by atoms with Gasteiger partial charge < -0.3 is 5.32 Å². The molecular formula is C15H19BrFN3. The van der Waals surface area contributed by atoms with Crippen molar-refractivity contribution in [3.8, 4) is 0 Å². The van der Waals surface area contributed by atoms with E-state index in [1.54, 1.807) is 6.07 Å². The van der Waals surface area contributed by atoms with Crippen LogP contribution in [0.1, 0.15) is 29.8 Å². The SMILES string of the molecule is CCNC(Cc1cc(F)cc(Br)c1)c1cn(C)nc1C. The van der Waals surface area contributed by atoms with Gasteiger partial charge in [0.25, 0.3) is 0 Å². The minimum Gasteiger partial charge on any atom is -0.310 e. The van der Waals surface area contributed by atoms with E-state index >= 15 is 0 Å². The van der Waals surface area contributed by atoms with Gasteiger partial charge in [-0.25, -0.2) is 4.39 Å². The van der Waals surface area contributed by atoms with Gasteiger partial charge in [0.1, 0.15) is 5.82 Å². The van der Waals surface area contributed by atoms with E-state index in [-0.39, 0.29) is 11.9 Å². The third-order valence-corrected chi connectivity index (χ3v) is 3.70. The Morgan fingerprint density at radius 2 is 2.15 bits per heavy atom. The lowest BCUT2D eigenvalue weighted by atomic mass is 9.99. The summed E-state index contributed by atoms with van der Waals surface area (Å²) >= 11 is 3.34. The number of likely N-dealkylation sites (N-methyl/N-ethyl adjacent to an activating group) is 1. The van der Waals surface area contributed by atoms with Crippen molar-refractivity contribution in [1.82, 2.24) is 15.1 Å². The first-order chi connectivity index (χ1) is 9.49. The molecule has 5 heteroatoms. The Labute approximate surface area is 127 Å². The second-order valence-corrected chi connectivity index (χ2v) is 5.85. The van der Waals surface area contributed by atoms with Crippen LogP contribution in [0.4, 0.5) is 4.39 Å². The van der Waals surface area contributed by atoms with E-state index < -0.39 is 0 Å². The fourth-order valence-corrected chi connectivity index (χ4v) is 2.98. The van der Waals surface area contributed by atoms with Gasteiger partial charge in [-0.3, -0.25) is 4.68 Å². The fraction of sp³-hybridized carbons (Fsp3) is 0.400. The van der Waals surface area contributed by atoms with Gasteiger partial charge in [0.2, 0.25) is 0 Å². The van der Waals surface area contributed by atoms with Crippen LogP contribution in [0.5, 0.6) is 0 Å². The molecule has 20 heavy (non-hydrogen) atoms. The van der Waals surface area contributed by atoms with Crippen molar-refractivity contribution in [2.75, 3.05) is 6.54 Å². The molecule has 2 aromatic rings. The molecule has 0 saturated heterocycles. The monoisotopic (exact) mass is 339 g/mol. The molecule has 0 bridgehead atoms. The van der Waals surface area contributed by atoms with Crippen LogP contribution in [0.15, 0.2) is 28.9 Å². The van der Waals surface area contributed by atoms with Crippen LogP contribution in [0.25, 0.3) is 0 Å². The molecule has 3 nitrogen and oxygen atoms in total. The molecule has 1 heterocycles. The number of halogens is 2. The third-order valence-electron chi connectivity index (χ3n) is 3.24. The van der Waals surface area contributed by atoms with Crippen LogP contribution in [0.2, 0.25) is 0 Å². The number of aromatic nitrogens is 2. The average molecular weight is 340 g/mol. The molecule has 1 N–H and O–H groups in total. The van der Waals surface area contributed by atoms with Gasteiger partial charge in [0.05, 0.1) is 5.69 Å². The minimum atomic E-state index is -0.215. The lowest BCUT2D eigenvalue weighted by Crippen LogP contribution is -2.23. The fourth-order valence-electron chi connectivity index (χ4n) is 2.46. The first-order valence-corrected chi connectivity index (χ1v) is 7.47. The summed E-state index contributed by atoms with van der Waals surface area (Å²) in [6, 6.07) is 5.16. The van der Waals surface area contributed by atoms with Crippen molar-refractivity contribution in [1.29, 1.82) is 0 Å². The quantitative estimate of drug-likeness (QED) is 0.903. The van der Waals surface area contributed by atoms with E-state index in [2.05, 4.69) is 33.3 Å². The number of hydrogen-bond acceptors (Lipinski definition) is 2. The van der Waals surface area contributed by atoms with Crippen molar-refractivity contribution < 1.29 is 4.39 Å². The summed E-state index contributed by atoms with van der Waals surface area (Å²) in [5.41, 5.74) is 3.13. The van der Waals surface area contributed by atoms with Crippen molar-refractivity contribution >= 4 is 15.9 Å². The van der Waals surface area contributed by atoms with Crippen molar-refractivity contribution in [2.24, 2.45) is 7.05 Å². The van der Waals surface area contributed by atoms with Gasteiger partial charge in [-0.15, -0.1) is 0 Å². The molecule has 1 atom stereocenters. The van der Waals surface area contributed by atoms with Crippen LogP contribution in [-0.2, 0) is 13.5 Å². The van der Waals surface area contributed by atoms with Gasteiger partial charge in [-0.1, -0.05) is 22.9 Å². The van der Waals surface area contributed by atoms with Crippen molar-refractivity contribution in [3.05, 3.63) is 51.5 Å². The zero-order valence-corrected chi connectivity index (χ0v) is 13.5. The Balaban J connectivity index is 2.27. The largest absolute Gasteiger partial charge is 0.310 e. The maximum atomic E-state index is 13.5. The van der Waals surface area contributed by atoms with Crippen molar-refractivity contribution in [3.63, 3.8) is 0 Å². The first kappa shape index (κ1) is 15.2. The maximum absolute atomic E-state index is 13.5. The highest BCUT2D eigenvalue weighted by atomic mass is 79.9. The van der Waals surface area contributed by atoms with Crippen LogP contribution in [-0.4, -0.2) is 16.3 Å². The molecule has 0 aliphatic heterocycles. The van der Waals surface area contributed by atoms with E-state index in [0.717, 1.165) is 34.3 Å². The summed E-state index contributed by atoms with van der Waals surface area (Å²) < 4.78 is 16.1. The Morgan fingerprint density at radius 3 is 2.70 bits per heavy atom. The molecular weight excluding hydrogens is 321 g/mol. The minimum absolute atomic E-state index is 0.141. The highest BCUT2D eigenvalue weighted by molar-refractivity contribution is 9.10. The molecule has 0 aliphatic rings. The zero-order valence-electron chi connectivity index (χ0n) is 12.0. The van der Waals surface area contributed by atoms with E-state index in [1.165, 1.54) is 6.07 Å². The summed E-state index contributed by atoms with van der Waals surface area (Å²) in [4.78, 5) is 0. The smallest absolute Gasteiger partial charge is 0.124 e. The lowest BCUT2D eigenvalue weighted by Gasteiger charge is -2.17. The predicted octanol–water partition coefficient (Wildman–Crippen LogP) is 3.52. The normalized spacial score (nSPS) is 12.7. The predicted molar refractivity (Wildman–Crippen MR) is 82.2 cm³/mol. The van der Waals surface area contributed by atoms with Gasteiger partial charge in [0, 0.05) is 29.3 Å². The summed E-state index contributed by atoms with van der Waals surface area (Å²) in [5.74, 6) is -0.215. The number of benzene rings is 1. The summed E-state index contributed by atoms with van der Waals surface area (Å²) in [6.07, 6.45) is 2.76. The molecule has 0 fully saturated rings. The van der Waals surface area contributed by atoms with Gasteiger partial charge in [0.15, 0.2) is 0 Å². The summed E-state index contributed by atoms with van der Waals surface area (Å²) in [6.45, 7) is 4.93. The molecule has 0 saturated carbocycles. The first-order valence-electron chi connectivity index (χ1n) is 6.68. The van der Waals surface area contributed by atoms with Gasteiger partial charge >= 0.3 is 0 Å². The van der Waals surface area contributed by atoms with E-state index in [1.807, 2.05) is 30.9 Å². The number of nitrogens with one attached hydrogen (secondary N) is 1. The second-order valence-electron chi connectivity index (χ2n) is 4.94. The van der Waals surface area contributed by atoms with E-state index in [0.29, 0.717) is 0 Å². The Bertz CT molecular complexity index is 575. The molecule has 1 unspecified atom stereocenters. The maximum Gasteiger partial charge on any atom is 0.124 e. The Kier molecular flexibility index (Phi) is 4.94. The second kappa shape index (κ2) is 6.50. The van der Waals surface area contributed by atoms with E-state index in [4.69, 9.17) is 0 Å². The van der Waals surface area contributed by atoms with Gasteiger partial charge in [-0.05, 0) is 43.7 Å². The van der Waals surface area contributed by atoms with Crippen LogP contribution in [0, 0.1) is 12.7 Å². The van der Waals surface area contributed by atoms with E-state index in [9.17, 15) is 4.39 Å². The average Bonchev–Trinajstić information content (AvgIpc) is 2.66. The lowest BCUT2D eigenvalue weighted by molar-refractivity contribution is 0.544. The number of aryl methyl sites for hydroxylation is 2. The van der Waals surface area contributed by atoms with Gasteiger partial charge in [-0.2, -0.15) is 5.10 Å². The molecule has 1 aromatic heterocycles. The standard InChI is InChI=1S/C15H19BrFN3/c1-4-18-15(14-9-20(3)19-10(14)2)7-11-5-12(16)8-13(17)6-11/h5-6,8-9,15,18H,4,7H2,1-3H3.